The number of aromatic hydroxyl groups is 1. The molecular formula is C14H8ClIN2O2. The van der Waals surface area contributed by atoms with Gasteiger partial charge in [-0.05, 0) is 52.9 Å². The fourth-order valence-electron chi connectivity index (χ4n) is 1.73. The zero-order chi connectivity index (χ0) is 14.1. The van der Waals surface area contributed by atoms with Crippen LogP contribution in [0.1, 0.15) is 0 Å². The molecule has 4 nitrogen and oxygen atoms in total. The van der Waals surface area contributed by atoms with Crippen molar-refractivity contribution in [2.24, 2.45) is 0 Å². The van der Waals surface area contributed by atoms with E-state index in [4.69, 9.17) is 16.1 Å². The number of hydrogen-bond acceptors (Lipinski definition) is 4. The molecule has 20 heavy (non-hydrogen) atoms. The highest BCUT2D eigenvalue weighted by atomic mass is 127. The maximum absolute atomic E-state index is 9.71. The Labute approximate surface area is 133 Å². The number of rotatable bonds is 2. The molecule has 0 saturated carbocycles. The van der Waals surface area contributed by atoms with Gasteiger partial charge < -0.3 is 9.63 Å². The third kappa shape index (κ3) is 2.64. The van der Waals surface area contributed by atoms with Gasteiger partial charge >= 0.3 is 0 Å². The summed E-state index contributed by atoms with van der Waals surface area (Å²) in [7, 11) is 0. The molecule has 0 aliphatic rings. The van der Waals surface area contributed by atoms with Crippen molar-refractivity contribution in [2.75, 3.05) is 0 Å². The number of halogens is 2. The van der Waals surface area contributed by atoms with Crippen LogP contribution in [0.15, 0.2) is 47.0 Å². The Balaban J connectivity index is 1.99. The lowest BCUT2D eigenvalue weighted by Gasteiger charge is -1.98. The van der Waals surface area contributed by atoms with E-state index < -0.39 is 0 Å². The first kappa shape index (κ1) is 13.4. The molecule has 0 fully saturated rings. The molecule has 1 N–H and O–H groups in total. The highest BCUT2D eigenvalue weighted by Crippen LogP contribution is 2.28. The summed E-state index contributed by atoms with van der Waals surface area (Å²) in [4.78, 5) is 4.31. The molecule has 0 unspecified atom stereocenters. The quantitative estimate of drug-likeness (QED) is 0.651. The van der Waals surface area contributed by atoms with Crippen molar-refractivity contribution in [2.45, 2.75) is 0 Å². The van der Waals surface area contributed by atoms with Gasteiger partial charge in [-0.25, -0.2) is 0 Å². The summed E-state index contributed by atoms with van der Waals surface area (Å²) < 4.78 is 5.99. The van der Waals surface area contributed by atoms with E-state index in [0.717, 1.165) is 9.13 Å². The van der Waals surface area contributed by atoms with Crippen LogP contribution >= 0.6 is 34.2 Å². The molecule has 0 bridgehead atoms. The summed E-state index contributed by atoms with van der Waals surface area (Å²) in [6.07, 6.45) is 0. The Hall–Kier alpha value is -1.60. The number of aromatic nitrogens is 2. The Morgan fingerprint density at radius 2 is 1.95 bits per heavy atom. The highest BCUT2D eigenvalue weighted by Gasteiger charge is 2.12. The number of phenolic OH excluding ortho intramolecular Hbond substituents is 1. The summed E-state index contributed by atoms with van der Waals surface area (Å²) >= 11 is 7.98. The molecule has 3 rings (SSSR count). The molecule has 6 heteroatoms. The van der Waals surface area contributed by atoms with E-state index in [1.165, 1.54) is 0 Å². The lowest BCUT2D eigenvalue weighted by molar-refractivity contribution is 0.431. The van der Waals surface area contributed by atoms with E-state index in [9.17, 15) is 5.11 Å². The molecule has 0 saturated heterocycles. The standard InChI is InChI=1S/C14H8ClIN2O2/c15-10-3-1-2-8(6-10)13-17-14(20-18-13)9-4-5-11(16)12(19)7-9/h1-7,19H. The van der Waals surface area contributed by atoms with Gasteiger partial charge in [0, 0.05) is 16.1 Å². The molecule has 0 aliphatic heterocycles. The van der Waals surface area contributed by atoms with Crippen LogP contribution in [0.5, 0.6) is 5.75 Å². The highest BCUT2D eigenvalue weighted by molar-refractivity contribution is 14.1. The first-order valence-corrected chi connectivity index (χ1v) is 7.18. The van der Waals surface area contributed by atoms with Crippen LogP contribution < -0.4 is 0 Å². The van der Waals surface area contributed by atoms with Gasteiger partial charge in [0.2, 0.25) is 5.82 Å². The Bertz CT molecular complexity index is 773. The molecule has 0 amide bonds. The smallest absolute Gasteiger partial charge is 0.258 e. The number of nitrogens with zero attached hydrogens (tertiary/aromatic N) is 2. The number of hydrogen-bond donors (Lipinski definition) is 1. The summed E-state index contributed by atoms with van der Waals surface area (Å²) in [5.41, 5.74) is 1.45. The second kappa shape index (κ2) is 5.41. The number of benzene rings is 2. The largest absolute Gasteiger partial charge is 0.507 e. The van der Waals surface area contributed by atoms with Crippen molar-refractivity contribution in [3.05, 3.63) is 51.1 Å². The van der Waals surface area contributed by atoms with E-state index in [0.29, 0.717) is 22.3 Å². The predicted octanol–water partition coefficient (Wildman–Crippen LogP) is 4.37. The van der Waals surface area contributed by atoms with E-state index in [1.54, 1.807) is 24.3 Å². The number of phenols is 1. The average molecular weight is 399 g/mol. The minimum Gasteiger partial charge on any atom is -0.507 e. The lowest BCUT2D eigenvalue weighted by Crippen LogP contribution is -1.82. The maximum Gasteiger partial charge on any atom is 0.258 e. The Morgan fingerprint density at radius 1 is 1.10 bits per heavy atom. The van der Waals surface area contributed by atoms with E-state index in [2.05, 4.69) is 10.1 Å². The van der Waals surface area contributed by atoms with Crippen molar-refractivity contribution in [1.82, 2.24) is 10.1 Å². The fraction of sp³-hybridized carbons (Fsp3) is 0. The van der Waals surface area contributed by atoms with Gasteiger partial charge in [-0.1, -0.05) is 28.9 Å². The monoisotopic (exact) mass is 398 g/mol. The van der Waals surface area contributed by atoms with Crippen LogP contribution in [0.3, 0.4) is 0 Å². The zero-order valence-corrected chi connectivity index (χ0v) is 13.0. The van der Waals surface area contributed by atoms with Crippen LogP contribution in [-0.4, -0.2) is 15.2 Å². The van der Waals surface area contributed by atoms with E-state index in [-0.39, 0.29) is 5.75 Å². The van der Waals surface area contributed by atoms with Crippen LogP contribution in [0, 0.1) is 3.57 Å². The summed E-state index contributed by atoms with van der Waals surface area (Å²) in [5, 5.41) is 14.2. The van der Waals surface area contributed by atoms with Gasteiger partial charge in [-0.3, -0.25) is 0 Å². The molecule has 0 aliphatic carbocycles. The first-order valence-electron chi connectivity index (χ1n) is 5.72. The molecule has 0 atom stereocenters. The molecule has 1 heterocycles. The van der Waals surface area contributed by atoms with Gasteiger partial charge in [-0.2, -0.15) is 4.98 Å². The lowest BCUT2D eigenvalue weighted by atomic mass is 10.2. The molecule has 100 valence electrons. The molecule has 1 aromatic heterocycles. The van der Waals surface area contributed by atoms with Gasteiger partial charge in [0.05, 0.1) is 3.57 Å². The van der Waals surface area contributed by atoms with Crippen molar-refractivity contribution in [3.63, 3.8) is 0 Å². The van der Waals surface area contributed by atoms with Crippen molar-refractivity contribution >= 4 is 34.2 Å². The minimum atomic E-state index is 0.186. The van der Waals surface area contributed by atoms with Gasteiger partial charge in [0.1, 0.15) is 5.75 Å². The zero-order valence-electron chi connectivity index (χ0n) is 10.0. The average Bonchev–Trinajstić information content (AvgIpc) is 2.92. The van der Waals surface area contributed by atoms with Gasteiger partial charge in [0.15, 0.2) is 0 Å². The first-order chi connectivity index (χ1) is 9.63. The van der Waals surface area contributed by atoms with Crippen molar-refractivity contribution in [1.29, 1.82) is 0 Å². The van der Waals surface area contributed by atoms with Crippen LogP contribution in [-0.2, 0) is 0 Å². The van der Waals surface area contributed by atoms with Gasteiger partial charge in [-0.15, -0.1) is 0 Å². The summed E-state index contributed by atoms with van der Waals surface area (Å²) in [5.74, 6) is 0.998. The fourth-order valence-corrected chi connectivity index (χ4v) is 2.26. The minimum absolute atomic E-state index is 0.186. The van der Waals surface area contributed by atoms with Crippen molar-refractivity contribution in [3.8, 4) is 28.6 Å². The topological polar surface area (TPSA) is 59.2 Å². The molecule has 2 aromatic carbocycles. The van der Waals surface area contributed by atoms with E-state index in [1.807, 2.05) is 40.8 Å². The molecule has 3 aromatic rings. The third-order valence-electron chi connectivity index (χ3n) is 2.70. The summed E-state index contributed by atoms with van der Waals surface area (Å²) in [6, 6.07) is 12.4. The summed E-state index contributed by atoms with van der Waals surface area (Å²) in [6.45, 7) is 0. The Kier molecular flexibility index (Phi) is 3.62. The van der Waals surface area contributed by atoms with Crippen molar-refractivity contribution < 1.29 is 9.63 Å². The van der Waals surface area contributed by atoms with E-state index >= 15 is 0 Å². The second-order valence-electron chi connectivity index (χ2n) is 4.10. The second-order valence-corrected chi connectivity index (χ2v) is 5.70. The van der Waals surface area contributed by atoms with Crippen LogP contribution in [0.25, 0.3) is 22.8 Å². The normalized spacial score (nSPS) is 10.7. The predicted molar refractivity (Wildman–Crippen MR) is 84.6 cm³/mol. The van der Waals surface area contributed by atoms with Crippen LogP contribution in [0.2, 0.25) is 5.02 Å². The Morgan fingerprint density at radius 3 is 2.70 bits per heavy atom. The maximum atomic E-state index is 9.71. The molecular weight excluding hydrogens is 391 g/mol. The van der Waals surface area contributed by atoms with Crippen LogP contribution in [0.4, 0.5) is 0 Å². The molecule has 0 radical (unpaired) electrons. The molecule has 0 spiro atoms. The SMILES string of the molecule is Oc1cc(-c2nc(-c3cccc(Cl)c3)no2)ccc1I. The van der Waals surface area contributed by atoms with Gasteiger partial charge in [0.25, 0.3) is 5.89 Å². The third-order valence-corrected chi connectivity index (χ3v) is 3.85.